The van der Waals surface area contributed by atoms with Crippen molar-refractivity contribution in [3.05, 3.63) is 23.8 Å². The van der Waals surface area contributed by atoms with Crippen LogP contribution in [0.15, 0.2) is 18.2 Å². The number of rotatable bonds is 10. The van der Waals surface area contributed by atoms with Crippen LogP contribution in [0.1, 0.15) is 45.1 Å². The monoisotopic (exact) mass is 403 g/mol. The molecule has 0 aliphatic carbocycles. The molecule has 0 radical (unpaired) electrons. The van der Waals surface area contributed by atoms with Crippen molar-refractivity contribution in [2.45, 2.75) is 52.0 Å². The molecule has 0 spiro atoms. The first-order valence-electron chi connectivity index (χ1n) is 11.3. The van der Waals surface area contributed by atoms with E-state index < -0.39 is 0 Å². The molecule has 1 N–H and O–H groups in total. The first kappa shape index (κ1) is 21.9. The van der Waals surface area contributed by atoms with Crippen molar-refractivity contribution in [3.8, 4) is 11.5 Å². The second-order valence-electron chi connectivity index (χ2n) is 8.16. The topological polar surface area (TPSA) is 54.0 Å². The first-order valence-corrected chi connectivity index (χ1v) is 11.3. The molecule has 1 fully saturated rings. The third-order valence-corrected chi connectivity index (χ3v) is 5.82. The van der Waals surface area contributed by atoms with Crippen molar-refractivity contribution in [2.75, 3.05) is 52.5 Å². The lowest BCUT2D eigenvalue weighted by Crippen LogP contribution is -2.37. The van der Waals surface area contributed by atoms with Crippen molar-refractivity contribution in [1.82, 2.24) is 15.1 Å². The molecule has 2 aliphatic rings. The van der Waals surface area contributed by atoms with Gasteiger partial charge < -0.3 is 24.6 Å². The number of nitrogens with one attached hydrogen (secondary N) is 1. The van der Waals surface area contributed by atoms with Crippen LogP contribution in [-0.4, -0.2) is 74.2 Å². The van der Waals surface area contributed by atoms with Crippen molar-refractivity contribution < 1.29 is 14.3 Å². The van der Waals surface area contributed by atoms with Crippen LogP contribution in [0.3, 0.4) is 0 Å². The summed E-state index contributed by atoms with van der Waals surface area (Å²) in [5.74, 6) is 2.03. The molecular weight excluding hydrogens is 366 g/mol. The molecule has 6 nitrogen and oxygen atoms in total. The maximum atomic E-state index is 12.1. The van der Waals surface area contributed by atoms with Crippen LogP contribution in [0.2, 0.25) is 0 Å². The largest absolute Gasteiger partial charge is 0.486 e. The molecule has 2 aliphatic heterocycles. The molecule has 0 unspecified atom stereocenters. The van der Waals surface area contributed by atoms with Crippen molar-refractivity contribution >= 4 is 5.91 Å². The molecule has 2 heterocycles. The third-order valence-electron chi connectivity index (χ3n) is 5.82. The van der Waals surface area contributed by atoms with Gasteiger partial charge in [-0.15, -0.1) is 0 Å². The number of nitrogens with zero attached hydrogens (tertiary/aromatic N) is 2. The van der Waals surface area contributed by atoms with Gasteiger partial charge in [-0.3, -0.25) is 4.79 Å². The summed E-state index contributed by atoms with van der Waals surface area (Å²) in [5, 5.41) is 3.30. The van der Waals surface area contributed by atoms with Crippen molar-refractivity contribution in [3.63, 3.8) is 0 Å². The number of carbonyl (C=O) groups is 1. The van der Waals surface area contributed by atoms with Gasteiger partial charge in [-0.2, -0.15) is 0 Å². The molecule has 3 rings (SSSR count). The molecule has 6 heteroatoms. The number of amides is 1. The normalized spacial score (nSPS) is 18.0. The number of unbranched alkanes of at least 4 members (excludes halogenated alkanes) is 1. The Morgan fingerprint density at radius 1 is 1.14 bits per heavy atom. The lowest BCUT2D eigenvalue weighted by molar-refractivity contribution is -0.130. The van der Waals surface area contributed by atoms with E-state index in [0.717, 1.165) is 76.5 Å². The van der Waals surface area contributed by atoms with E-state index in [1.54, 1.807) is 0 Å². The average molecular weight is 404 g/mol. The van der Waals surface area contributed by atoms with Gasteiger partial charge in [0.2, 0.25) is 5.91 Å². The highest BCUT2D eigenvalue weighted by molar-refractivity contribution is 5.76. The Morgan fingerprint density at radius 2 is 1.97 bits per heavy atom. The molecule has 1 atom stereocenters. The molecule has 1 amide bonds. The number of ether oxygens (including phenoxy) is 2. The number of benzene rings is 1. The lowest BCUT2D eigenvalue weighted by Gasteiger charge is -2.30. The summed E-state index contributed by atoms with van der Waals surface area (Å²) in [6.07, 6.45) is 4.99. The standard InChI is InChI=1S/C23H37N3O3/c1-3-11-25(12-4-5-13-26-14-10-24-9-8-23(26)27)19(2)17-20-6-7-21-22(18-20)29-16-15-28-21/h6-7,18-19,24H,3-5,8-17H2,1-2H3/t19-/m0/s1. The van der Waals surface area contributed by atoms with Crippen LogP contribution in [0.5, 0.6) is 11.5 Å². The highest BCUT2D eigenvalue weighted by Gasteiger charge is 2.18. The van der Waals surface area contributed by atoms with Gasteiger partial charge in [-0.25, -0.2) is 0 Å². The van der Waals surface area contributed by atoms with Gasteiger partial charge in [0, 0.05) is 38.6 Å². The molecule has 0 aromatic heterocycles. The van der Waals surface area contributed by atoms with Gasteiger partial charge in [0.05, 0.1) is 0 Å². The van der Waals surface area contributed by atoms with Crippen molar-refractivity contribution in [2.24, 2.45) is 0 Å². The quantitative estimate of drug-likeness (QED) is 0.609. The minimum absolute atomic E-state index is 0.299. The summed E-state index contributed by atoms with van der Waals surface area (Å²) in [4.78, 5) is 16.7. The summed E-state index contributed by atoms with van der Waals surface area (Å²) in [6, 6.07) is 6.80. The predicted molar refractivity (Wildman–Crippen MR) is 116 cm³/mol. The number of carbonyl (C=O) groups excluding carboxylic acids is 1. The van der Waals surface area contributed by atoms with Gasteiger partial charge in [0.15, 0.2) is 11.5 Å². The maximum Gasteiger partial charge on any atom is 0.223 e. The van der Waals surface area contributed by atoms with Crippen LogP contribution < -0.4 is 14.8 Å². The molecule has 1 aromatic carbocycles. The first-order chi connectivity index (χ1) is 14.2. The summed E-state index contributed by atoms with van der Waals surface area (Å²) < 4.78 is 11.4. The van der Waals surface area contributed by atoms with Gasteiger partial charge in [0.1, 0.15) is 13.2 Å². The molecule has 162 valence electrons. The van der Waals surface area contributed by atoms with E-state index in [0.29, 0.717) is 31.6 Å². The fourth-order valence-electron chi connectivity index (χ4n) is 4.20. The number of hydrogen-bond donors (Lipinski definition) is 1. The van der Waals surface area contributed by atoms with E-state index in [9.17, 15) is 4.79 Å². The van der Waals surface area contributed by atoms with Crippen LogP contribution in [0.4, 0.5) is 0 Å². The molecule has 1 aromatic rings. The second-order valence-corrected chi connectivity index (χ2v) is 8.16. The second kappa shape index (κ2) is 11.4. The SMILES string of the molecule is CCCN(CCCCN1CCNCCC1=O)[C@@H](C)Cc1ccc2c(c1)OCCO2. The van der Waals surface area contributed by atoms with Crippen molar-refractivity contribution in [1.29, 1.82) is 0 Å². The Balaban J connectivity index is 1.46. The summed E-state index contributed by atoms with van der Waals surface area (Å²) in [7, 11) is 0. The fraction of sp³-hybridized carbons (Fsp3) is 0.696. The van der Waals surface area contributed by atoms with E-state index >= 15 is 0 Å². The van der Waals surface area contributed by atoms with Gasteiger partial charge in [-0.05, 0) is 63.4 Å². The summed E-state index contributed by atoms with van der Waals surface area (Å²) >= 11 is 0. The van der Waals surface area contributed by atoms with E-state index in [4.69, 9.17) is 9.47 Å². The Hall–Kier alpha value is -1.79. The minimum Gasteiger partial charge on any atom is -0.486 e. The Morgan fingerprint density at radius 3 is 2.79 bits per heavy atom. The summed E-state index contributed by atoms with van der Waals surface area (Å²) in [6.45, 7) is 11.5. The van der Waals surface area contributed by atoms with Crippen LogP contribution in [-0.2, 0) is 11.2 Å². The smallest absolute Gasteiger partial charge is 0.223 e. The Kier molecular flexibility index (Phi) is 8.62. The third kappa shape index (κ3) is 6.61. The van der Waals surface area contributed by atoms with E-state index in [-0.39, 0.29) is 0 Å². The highest BCUT2D eigenvalue weighted by Crippen LogP contribution is 2.31. The Labute approximate surface area is 175 Å². The molecule has 0 saturated carbocycles. The van der Waals surface area contributed by atoms with E-state index in [2.05, 4.69) is 36.2 Å². The van der Waals surface area contributed by atoms with Gasteiger partial charge >= 0.3 is 0 Å². The maximum absolute atomic E-state index is 12.1. The van der Waals surface area contributed by atoms with Crippen LogP contribution in [0.25, 0.3) is 0 Å². The van der Waals surface area contributed by atoms with Gasteiger partial charge in [0.25, 0.3) is 0 Å². The lowest BCUT2D eigenvalue weighted by atomic mass is 10.0. The predicted octanol–water partition coefficient (Wildman–Crippen LogP) is 2.70. The molecular formula is C23H37N3O3. The average Bonchev–Trinajstić information content (AvgIpc) is 2.94. The van der Waals surface area contributed by atoms with Crippen LogP contribution >= 0.6 is 0 Å². The van der Waals surface area contributed by atoms with Crippen LogP contribution in [0, 0.1) is 0 Å². The highest BCUT2D eigenvalue weighted by atomic mass is 16.6. The fourth-order valence-corrected chi connectivity index (χ4v) is 4.20. The number of hydrogen-bond acceptors (Lipinski definition) is 5. The zero-order chi connectivity index (χ0) is 20.5. The zero-order valence-corrected chi connectivity index (χ0v) is 18.1. The number of fused-ring (bicyclic) bond motifs is 1. The summed E-state index contributed by atoms with van der Waals surface area (Å²) in [5.41, 5.74) is 1.30. The molecule has 0 bridgehead atoms. The molecule has 1 saturated heterocycles. The minimum atomic E-state index is 0.299. The van der Waals surface area contributed by atoms with E-state index in [1.807, 2.05) is 11.0 Å². The van der Waals surface area contributed by atoms with Gasteiger partial charge in [-0.1, -0.05) is 13.0 Å². The Bertz CT molecular complexity index is 652. The zero-order valence-electron chi connectivity index (χ0n) is 18.1. The van der Waals surface area contributed by atoms with E-state index in [1.165, 1.54) is 5.56 Å². The molecule has 29 heavy (non-hydrogen) atoms.